The number of aryl methyl sites for hydroxylation is 3. The van der Waals surface area contributed by atoms with Crippen molar-refractivity contribution >= 4 is 23.2 Å². The second-order valence-electron chi connectivity index (χ2n) is 5.73. The van der Waals surface area contributed by atoms with E-state index in [0.717, 1.165) is 28.1 Å². The number of anilines is 1. The van der Waals surface area contributed by atoms with E-state index in [0.29, 0.717) is 11.4 Å². The Morgan fingerprint density at radius 1 is 1.13 bits per heavy atom. The van der Waals surface area contributed by atoms with Crippen molar-refractivity contribution in [3.05, 3.63) is 58.1 Å². The molecule has 0 aliphatic carbocycles. The molecule has 2 aromatic rings. The van der Waals surface area contributed by atoms with Crippen molar-refractivity contribution in [3.8, 4) is 5.75 Å². The first kappa shape index (κ1) is 17.4. The Morgan fingerprint density at radius 3 is 2.52 bits per heavy atom. The lowest BCUT2D eigenvalue weighted by Gasteiger charge is -2.19. The molecule has 3 nitrogen and oxygen atoms in total. The average molecular weight is 332 g/mol. The van der Waals surface area contributed by atoms with Crippen molar-refractivity contribution in [2.45, 2.75) is 40.2 Å². The van der Waals surface area contributed by atoms with Gasteiger partial charge in [-0.05, 0) is 68.1 Å². The summed E-state index contributed by atoms with van der Waals surface area (Å²) in [5, 5.41) is 3.57. The minimum Gasteiger partial charge on any atom is -0.480 e. The Hall–Kier alpha value is -2.00. The molecule has 0 heterocycles. The van der Waals surface area contributed by atoms with E-state index in [-0.39, 0.29) is 5.91 Å². The van der Waals surface area contributed by atoms with Crippen LogP contribution in [0.15, 0.2) is 36.4 Å². The van der Waals surface area contributed by atoms with Crippen LogP contribution in [0.3, 0.4) is 0 Å². The minimum absolute atomic E-state index is 0.154. The highest BCUT2D eigenvalue weighted by atomic mass is 35.5. The number of rotatable bonds is 5. The number of amides is 1. The van der Waals surface area contributed by atoms with E-state index in [9.17, 15) is 4.79 Å². The summed E-state index contributed by atoms with van der Waals surface area (Å²) in [5.41, 5.74) is 3.80. The molecule has 122 valence electrons. The summed E-state index contributed by atoms with van der Waals surface area (Å²) in [5.74, 6) is 0.596. The van der Waals surface area contributed by atoms with Crippen LogP contribution in [0.25, 0.3) is 0 Å². The average Bonchev–Trinajstić information content (AvgIpc) is 2.50. The van der Waals surface area contributed by atoms with Gasteiger partial charge in [0.2, 0.25) is 0 Å². The van der Waals surface area contributed by atoms with Crippen LogP contribution < -0.4 is 10.1 Å². The Labute approximate surface area is 142 Å². The Morgan fingerprint density at radius 2 is 1.87 bits per heavy atom. The number of halogens is 1. The van der Waals surface area contributed by atoms with Gasteiger partial charge in [-0.15, -0.1) is 0 Å². The third-order valence-electron chi connectivity index (χ3n) is 3.72. The number of nitrogens with one attached hydrogen (secondary N) is 1. The van der Waals surface area contributed by atoms with Gasteiger partial charge in [0.1, 0.15) is 5.75 Å². The zero-order valence-electron chi connectivity index (χ0n) is 13.9. The SMILES string of the molecule is CC[C@@H](Oc1cc(C)ccc1C)C(=O)Nc1ccc(Cl)cc1C. The van der Waals surface area contributed by atoms with Gasteiger partial charge < -0.3 is 10.1 Å². The Bertz CT molecular complexity index is 713. The molecule has 0 saturated carbocycles. The highest BCUT2D eigenvalue weighted by Gasteiger charge is 2.20. The van der Waals surface area contributed by atoms with E-state index < -0.39 is 6.10 Å². The summed E-state index contributed by atoms with van der Waals surface area (Å²) in [4.78, 5) is 12.5. The molecule has 4 heteroatoms. The monoisotopic (exact) mass is 331 g/mol. The van der Waals surface area contributed by atoms with Gasteiger partial charge in [0.15, 0.2) is 6.10 Å². The Balaban J connectivity index is 2.13. The normalized spacial score (nSPS) is 11.9. The Kier molecular flexibility index (Phi) is 5.67. The maximum Gasteiger partial charge on any atom is 0.265 e. The number of carbonyl (C=O) groups excluding carboxylic acids is 1. The maximum atomic E-state index is 12.5. The maximum absolute atomic E-state index is 12.5. The first-order valence-corrected chi connectivity index (χ1v) is 8.09. The van der Waals surface area contributed by atoms with Gasteiger partial charge in [0.25, 0.3) is 5.91 Å². The van der Waals surface area contributed by atoms with Crippen molar-refractivity contribution in [2.24, 2.45) is 0 Å². The summed E-state index contributed by atoms with van der Waals surface area (Å²) >= 11 is 5.95. The van der Waals surface area contributed by atoms with E-state index in [2.05, 4.69) is 5.32 Å². The summed E-state index contributed by atoms with van der Waals surface area (Å²) in [6, 6.07) is 11.4. The molecule has 1 N–H and O–H groups in total. The molecule has 0 aliphatic heterocycles. The first-order valence-electron chi connectivity index (χ1n) is 7.71. The van der Waals surface area contributed by atoms with Crippen LogP contribution in [0.4, 0.5) is 5.69 Å². The molecule has 2 aromatic carbocycles. The predicted molar refractivity (Wildman–Crippen MR) is 95.4 cm³/mol. The molecule has 0 bridgehead atoms. The van der Waals surface area contributed by atoms with Crippen LogP contribution >= 0.6 is 11.6 Å². The predicted octanol–water partition coefficient (Wildman–Crippen LogP) is 5.06. The van der Waals surface area contributed by atoms with Crippen LogP contribution in [0.1, 0.15) is 30.0 Å². The zero-order chi connectivity index (χ0) is 17.0. The molecular weight excluding hydrogens is 310 g/mol. The van der Waals surface area contributed by atoms with E-state index >= 15 is 0 Å². The van der Waals surface area contributed by atoms with Crippen LogP contribution in [0.5, 0.6) is 5.75 Å². The molecule has 23 heavy (non-hydrogen) atoms. The van der Waals surface area contributed by atoms with Crippen LogP contribution in [0.2, 0.25) is 5.02 Å². The third kappa shape index (κ3) is 4.49. The van der Waals surface area contributed by atoms with E-state index in [1.807, 2.05) is 52.0 Å². The summed E-state index contributed by atoms with van der Waals surface area (Å²) in [6.07, 6.45) is 0.0526. The van der Waals surface area contributed by atoms with Crippen molar-refractivity contribution in [1.29, 1.82) is 0 Å². The lowest BCUT2D eigenvalue weighted by atomic mass is 10.1. The van der Waals surface area contributed by atoms with E-state index in [1.165, 1.54) is 0 Å². The van der Waals surface area contributed by atoms with Crippen LogP contribution in [0, 0.1) is 20.8 Å². The standard InChI is InChI=1S/C19H22ClNO2/c1-5-17(23-18-10-12(2)6-7-13(18)3)19(22)21-16-9-8-15(20)11-14(16)4/h6-11,17H,5H2,1-4H3,(H,21,22)/t17-/m1/s1. The topological polar surface area (TPSA) is 38.3 Å². The molecule has 0 unspecified atom stereocenters. The molecule has 0 fully saturated rings. The lowest BCUT2D eigenvalue weighted by molar-refractivity contribution is -0.122. The fourth-order valence-corrected chi connectivity index (χ4v) is 2.52. The fourth-order valence-electron chi connectivity index (χ4n) is 2.29. The number of ether oxygens (including phenoxy) is 1. The van der Waals surface area contributed by atoms with Gasteiger partial charge >= 0.3 is 0 Å². The molecule has 0 saturated heterocycles. The van der Waals surface area contributed by atoms with Gasteiger partial charge in [-0.2, -0.15) is 0 Å². The van der Waals surface area contributed by atoms with Crippen LogP contribution in [-0.2, 0) is 4.79 Å². The van der Waals surface area contributed by atoms with Gasteiger partial charge in [0, 0.05) is 10.7 Å². The summed E-state index contributed by atoms with van der Waals surface area (Å²) in [6.45, 7) is 7.82. The molecular formula is C19H22ClNO2. The third-order valence-corrected chi connectivity index (χ3v) is 3.96. The molecule has 2 rings (SSSR count). The number of hydrogen-bond acceptors (Lipinski definition) is 2. The van der Waals surface area contributed by atoms with E-state index in [4.69, 9.17) is 16.3 Å². The van der Waals surface area contributed by atoms with Gasteiger partial charge in [-0.1, -0.05) is 30.7 Å². The quantitative estimate of drug-likeness (QED) is 0.831. The van der Waals surface area contributed by atoms with Crippen molar-refractivity contribution in [1.82, 2.24) is 0 Å². The van der Waals surface area contributed by atoms with Crippen LogP contribution in [-0.4, -0.2) is 12.0 Å². The summed E-state index contributed by atoms with van der Waals surface area (Å²) < 4.78 is 5.93. The molecule has 1 amide bonds. The molecule has 1 atom stereocenters. The highest BCUT2D eigenvalue weighted by Crippen LogP contribution is 2.23. The second kappa shape index (κ2) is 7.51. The zero-order valence-corrected chi connectivity index (χ0v) is 14.7. The van der Waals surface area contributed by atoms with Gasteiger partial charge in [-0.25, -0.2) is 0 Å². The number of benzene rings is 2. The highest BCUT2D eigenvalue weighted by molar-refractivity contribution is 6.30. The minimum atomic E-state index is -0.537. The van der Waals surface area contributed by atoms with Gasteiger partial charge in [-0.3, -0.25) is 4.79 Å². The molecule has 0 spiro atoms. The first-order chi connectivity index (χ1) is 10.9. The lowest BCUT2D eigenvalue weighted by Crippen LogP contribution is -2.32. The van der Waals surface area contributed by atoms with Crippen molar-refractivity contribution < 1.29 is 9.53 Å². The van der Waals surface area contributed by atoms with E-state index in [1.54, 1.807) is 12.1 Å². The molecule has 0 aromatic heterocycles. The number of carbonyl (C=O) groups is 1. The largest absolute Gasteiger partial charge is 0.480 e. The number of hydrogen-bond donors (Lipinski definition) is 1. The fraction of sp³-hybridized carbons (Fsp3) is 0.316. The van der Waals surface area contributed by atoms with Gasteiger partial charge in [0.05, 0.1) is 0 Å². The summed E-state index contributed by atoms with van der Waals surface area (Å²) in [7, 11) is 0. The smallest absolute Gasteiger partial charge is 0.265 e. The van der Waals surface area contributed by atoms with Crippen molar-refractivity contribution in [3.63, 3.8) is 0 Å². The van der Waals surface area contributed by atoms with Crippen molar-refractivity contribution in [2.75, 3.05) is 5.32 Å². The molecule has 0 aliphatic rings. The molecule has 0 radical (unpaired) electrons. The second-order valence-corrected chi connectivity index (χ2v) is 6.17.